The molecule has 0 bridgehead atoms. The molecule has 2 amide bonds. The number of ether oxygens (including phenoxy) is 1. The number of benzene rings is 1. The number of nitrogens with zero attached hydrogens (tertiary/aromatic N) is 1. The molecule has 1 saturated heterocycles. The first-order valence-corrected chi connectivity index (χ1v) is 8.45. The Morgan fingerprint density at radius 3 is 2.58 bits per heavy atom. The minimum Gasteiger partial charge on any atom is -0.459 e. The van der Waals surface area contributed by atoms with Gasteiger partial charge in [-0.05, 0) is 43.2 Å². The van der Waals surface area contributed by atoms with E-state index in [1.165, 1.54) is 19.3 Å². The number of hydrogen-bond donors (Lipinski definition) is 1. The van der Waals surface area contributed by atoms with E-state index < -0.39 is 5.97 Å². The fraction of sp³-hybridized carbons (Fsp3) is 0.316. The van der Waals surface area contributed by atoms with E-state index in [9.17, 15) is 14.4 Å². The molecule has 3 rings (SSSR count). The topological polar surface area (TPSA) is 88.9 Å². The summed E-state index contributed by atoms with van der Waals surface area (Å²) in [4.78, 5) is 37.4. The van der Waals surface area contributed by atoms with Gasteiger partial charge in [0.05, 0.1) is 6.26 Å². The molecule has 7 heteroatoms. The van der Waals surface area contributed by atoms with E-state index in [0.717, 1.165) is 0 Å². The second kappa shape index (κ2) is 7.86. The standard InChI is InChI=1S/C19H20N2O5/c1-13(22)26-16-5-2-4-14(12-16)18(23)20-15-7-9-21(10-8-15)19(24)17-6-3-11-25-17/h2-6,11-12,15H,7-10H2,1H3,(H,20,23). The van der Waals surface area contributed by atoms with Crippen molar-refractivity contribution in [3.63, 3.8) is 0 Å². The highest BCUT2D eigenvalue weighted by molar-refractivity contribution is 5.95. The van der Waals surface area contributed by atoms with Crippen LogP contribution in [0.2, 0.25) is 0 Å². The number of carbonyl (C=O) groups excluding carboxylic acids is 3. The lowest BCUT2D eigenvalue weighted by Crippen LogP contribution is -2.46. The van der Waals surface area contributed by atoms with Gasteiger partial charge in [0.25, 0.3) is 11.8 Å². The molecule has 1 aromatic heterocycles. The molecule has 0 saturated carbocycles. The molecule has 1 aliphatic rings. The van der Waals surface area contributed by atoms with Gasteiger partial charge < -0.3 is 19.4 Å². The van der Waals surface area contributed by atoms with Gasteiger partial charge in [0, 0.05) is 31.6 Å². The summed E-state index contributed by atoms with van der Waals surface area (Å²) in [6.07, 6.45) is 2.81. The fourth-order valence-electron chi connectivity index (χ4n) is 2.92. The monoisotopic (exact) mass is 356 g/mol. The third-order valence-corrected chi connectivity index (χ3v) is 4.21. The van der Waals surface area contributed by atoms with Gasteiger partial charge in [-0.3, -0.25) is 14.4 Å². The van der Waals surface area contributed by atoms with Crippen LogP contribution in [0.4, 0.5) is 0 Å². The van der Waals surface area contributed by atoms with Crippen LogP contribution in [0.1, 0.15) is 40.7 Å². The summed E-state index contributed by atoms with van der Waals surface area (Å²) in [7, 11) is 0. The zero-order valence-corrected chi connectivity index (χ0v) is 14.4. The Kier molecular flexibility index (Phi) is 5.36. The first kappa shape index (κ1) is 17.7. The molecule has 1 aliphatic heterocycles. The maximum absolute atomic E-state index is 12.4. The number of hydrogen-bond acceptors (Lipinski definition) is 5. The third kappa shape index (κ3) is 4.30. The largest absolute Gasteiger partial charge is 0.459 e. The van der Waals surface area contributed by atoms with Gasteiger partial charge in [0.15, 0.2) is 5.76 Å². The minimum atomic E-state index is -0.434. The molecule has 1 fully saturated rings. The number of piperidine rings is 1. The maximum atomic E-state index is 12.4. The Bertz CT molecular complexity index is 792. The highest BCUT2D eigenvalue weighted by Crippen LogP contribution is 2.17. The van der Waals surface area contributed by atoms with Gasteiger partial charge in [0.2, 0.25) is 0 Å². The molecule has 0 aliphatic carbocycles. The van der Waals surface area contributed by atoms with Crippen LogP contribution >= 0.6 is 0 Å². The molecule has 0 unspecified atom stereocenters. The second-order valence-corrected chi connectivity index (χ2v) is 6.14. The number of amides is 2. The maximum Gasteiger partial charge on any atom is 0.308 e. The molecule has 26 heavy (non-hydrogen) atoms. The van der Waals surface area contributed by atoms with E-state index >= 15 is 0 Å². The van der Waals surface area contributed by atoms with Crippen molar-refractivity contribution in [1.82, 2.24) is 10.2 Å². The molecule has 136 valence electrons. The predicted octanol–water partition coefficient (Wildman–Crippen LogP) is 2.24. The van der Waals surface area contributed by atoms with Crippen molar-refractivity contribution in [2.75, 3.05) is 13.1 Å². The van der Waals surface area contributed by atoms with Crippen LogP contribution in [0.5, 0.6) is 5.75 Å². The molecule has 7 nitrogen and oxygen atoms in total. The average Bonchev–Trinajstić information content (AvgIpc) is 3.16. The highest BCUT2D eigenvalue weighted by Gasteiger charge is 2.26. The molecule has 0 spiro atoms. The zero-order valence-electron chi connectivity index (χ0n) is 14.4. The van der Waals surface area contributed by atoms with Gasteiger partial charge in [-0.2, -0.15) is 0 Å². The van der Waals surface area contributed by atoms with Crippen molar-refractivity contribution in [2.45, 2.75) is 25.8 Å². The van der Waals surface area contributed by atoms with Crippen LogP contribution in [0.3, 0.4) is 0 Å². The molecule has 1 aromatic carbocycles. The smallest absolute Gasteiger partial charge is 0.308 e. The molecule has 2 aromatic rings. The summed E-state index contributed by atoms with van der Waals surface area (Å²) in [6, 6.07) is 9.80. The van der Waals surface area contributed by atoms with E-state index in [1.54, 1.807) is 35.2 Å². The van der Waals surface area contributed by atoms with Crippen molar-refractivity contribution in [1.29, 1.82) is 0 Å². The fourth-order valence-corrected chi connectivity index (χ4v) is 2.92. The summed E-state index contributed by atoms with van der Waals surface area (Å²) in [6.45, 7) is 2.42. The number of carbonyl (C=O) groups is 3. The first-order valence-electron chi connectivity index (χ1n) is 8.45. The van der Waals surface area contributed by atoms with Crippen LogP contribution in [0.25, 0.3) is 0 Å². The second-order valence-electron chi connectivity index (χ2n) is 6.14. The van der Waals surface area contributed by atoms with E-state index in [2.05, 4.69) is 5.32 Å². The van der Waals surface area contributed by atoms with Crippen LogP contribution in [-0.4, -0.2) is 41.8 Å². The Labute approximate surface area is 150 Å². The summed E-state index contributed by atoms with van der Waals surface area (Å²) in [5.41, 5.74) is 0.429. The van der Waals surface area contributed by atoms with Gasteiger partial charge in [0.1, 0.15) is 5.75 Å². The summed E-state index contributed by atoms with van der Waals surface area (Å²) in [5, 5.41) is 2.97. The van der Waals surface area contributed by atoms with Crippen molar-refractivity contribution >= 4 is 17.8 Å². The van der Waals surface area contributed by atoms with Crippen molar-refractivity contribution in [2.24, 2.45) is 0 Å². The molecule has 0 radical (unpaired) electrons. The normalized spacial score (nSPS) is 14.7. The molecular formula is C19H20N2O5. The third-order valence-electron chi connectivity index (χ3n) is 4.21. The van der Waals surface area contributed by atoms with Crippen LogP contribution in [0, 0.1) is 0 Å². The number of furan rings is 1. The minimum absolute atomic E-state index is 0.0134. The Morgan fingerprint density at radius 1 is 1.15 bits per heavy atom. The van der Waals surface area contributed by atoms with Crippen LogP contribution in [0.15, 0.2) is 47.1 Å². The van der Waals surface area contributed by atoms with Crippen molar-refractivity contribution < 1.29 is 23.5 Å². The van der Waals surface area contributed by atoms with Crippen LogP contribution < -0.4 is 10.1 Å². The van der Waals surface area contributed by atoms with Crippen molar-refractivity contribution in [3.05, 3.63) is 54.0 Å². The average molecular weight is 356 g/mol. The number of likely N-dealkylation sites (tertiary alicyclic amines) is 1. The molecule has 1 N–H and O–H groups in total. The van der Waals surface area contributed by atoms with Crippen LogP contribution in [-0.2, 0) is 4.79 Å². The Balaban J connectivity index is 1.53. The number of esters is 1. The highest BCUT2D eigenvalue weighted by atomic mass is 16.5. The van der Waals surface area contributed by atoms with E-state index in [0.29, 0.717) is 43.0 Å². The predicted molar refractivity (Wildman–Crippen MR) is 92.9 cm³/mol. The van der Waals surface area contributed by atoms with E-state index in [-0.39, 0.29) is 17.9 Å². The lowest BCUT2D eigenvalue weighted by atomic mass is 10.0. The quantitative estimate of drug-likeness (QED) is 0.670. The Hall–Kier alpha value is -3.09. The molecule has 0 atom stereocenters. The summed E-state index contributed by atoms with van der Waals surface area (Å²) in [5.74, 6) is -0.126. The summed E-state index contributed by atoms with van der Waals surface area (Å²) >= 11 is 0. The Morgan fingerprint density at radius 2 is 1.92 bits per heavy atom. The SMILES string of the molecule is CC(=O)Oc1cccc(C(=O)NC2CCN(C(=O)c3ccco3)CC2)c1. The molecule has 2 heterocycles. The van der Waals surface area contributed by atoms with Gasteiger partial charge >= 0.3 is 5.97 Å². The van der Waals surface area contributed by atoms with Crippen molar-refractivity contribution in [3.8, 4) is 5.75 Å². The lowest BCUT2D eigenvalue weighted by Gasteiger charge is -2.31. The lowest BCUT2D eigenvalue weighted by molar-refractivity contribution is -0.131. The first-order chi connectivity index (χ1) is 12.5. The zero-order chi connectivity index (χ0) is 18.5. The molecular weight excluding hydrogens is 336 g/mol. The van der Waals surface area contributed by atoms with Gasteiger partial charge in [-0.1, -0.05) is 6.07 Å². The summed E-state index contributed by atoms with van der Waals surface area (Å²) < 4.78 is 10.1. The number of nitrogens with one attached hydrogen (secondary N) is 1. The van der Waals surface area contributed by atoms with Gasteiger partial charge in [-0.25, -0.2) is 0 Å². The van der Waals surface area contributed by atoms with Gasteiger partial charge in [-0.15, -0.1) is 0 Å². The van der Waals surface area contributed by atoms with E-state index in [4.69, 9.17) is 9.15 Å². The number of rotatable bonds is 4. The van der Waals surface area contributed by atoms with E-state index in [1.807, 2.05) is 0 Å².